The third kappa shape index (κ3) is 4.43. The maximum Gasteiger partial charge on any atom is 0.305 e. The molecule has 1 amide bonds. The molecule has 0 bridgehead atoms. The zero-order valence-corrected chi connectivity index (χ0v) is 10.5. The third-order valence-electron chi connectivity index (χ3n) is 2.78. The molecular weight excluding hydrogens is 226 g/mol. The molecular formula is C11H19NO3S. The van der Waals surface area contributed by atoms with E-state index in [2.05, 4.69) is 5.32 Å². The van der Waals surface area contributed by atoms with Crippen molar-refractivity contribution in [2.45, 2.75) is 32.2 Å². The Hall–Kier alpha value is -0.710. The normalized spacial score (nSPS) is 18.9. The van der Waals surface area contributed by atoms with Crippen LogP contribution in [0.5, 0.6) is 0 Å². The number of hydrogen-bond donors (Lipinski definition) is 2. The Morgan fingerprint density at radius 3 is 2.56 bits per heavy atom. The van der Waals surface area contributed by atoms with Gasteiger partial charge in [-0.3, -0.25) is 9.59 Å². The van der Waals surface area contributed by atoms with Crippen molar-refractivity contribution in [2.75, 3.05) is 12.0 Å². The largest absolute Gasteiger partial charge is 0.481 e. The number of carboxylic acids is 1. The van der Waals surface area contributed by atoms with Gasteiger partial charge in [-0.1, -0.05) is 6.92 Å². The molecule has 1 aliphatic rings. The van der Waals surface area contributed by atoms with Gasteiger partial charge in [-0.2, -0.15) is 11.8 Å². The molecule has 0 spiro atoms. The van der Waals surface area contributed by atoms with Gasteiger partial charge in [0.25, 0.3) is 0 Å². The second-order valence-electron chi connectivity index (χ2n) is 4.41. The van der Waals surface area contributed by atoms with Crippen molar-refractivity contribution in [3.63, 3.8) is 0 Å². The van der Waals surface area contributed by atoms with Crippen molar-refractivity contribution >= 4 is 23.6 Å². The molecule has 1 rings (SSSR count). The summed E-state index contributed by atoms with van der Waals surface area (Å²) in [6.45, 7) is 1.87. The minimum absolute atomic E-state index is 0.0208. The van der Waals surface area contributed by atoms with Crippen LogP contribution >= 0.6 is 11.8 Å². The number of thioether (sulfide) groups is 1. The number of carbonyl (C=O) groups excluding carboxylic acids is 1. The zero-order chi connectivity index (χ0) is 12.1. The third-order valence-corrected chi connectivity index (χ3v) is 3.61. The van der Waals surface area contributed by atoms with Gasteiger partial charge in [0.15, 0.2) is 0 Å². The highest BCUT2D eigenvalue weighted by molar-refractivity contribution is 7.98. The Morgan fingerprint density at radius 1 is 1.50 bits per heavy atom. The van der Waals surface area contributed by atoms with Crippen molar-refractivity contribution in [1.82, 2.24) is 5.32 Å². The van der Waals surface area contributed by atoms with Gasteiger partial charge < -0.3 is 10.4 Å². The molecule has 0 saturated heterocycles. The van der Waals surface area contributed by atoms with Gasteiger partial charge in [-0.25, -0.2) is 0 Å². The lowest BCUT2D eigenvalue weighted by atomic mass is 10.1. The van der Waals surface area contributed by atoms with Crippen LogP contribution in [0.4, 0.5) is 0 Å². The van der Waals surface area contributed by atoms with Crippen LogP contribution in [0, 0.1) is 11.8 Å². The lowest BCUT2D eigenvalue weighted by molar-refractivity contribution is -0.138. The van der Waals surface area contributed by atoms with E-state index in [-0.39, 0.29) is 24.3 Å². The lowest BCUT2D eigenvalue weighted by Crippen LogP contribution is -2.41. The van der Waals surface area contributed by atoms with Gasteiger partial charge >= 0.3 is 5.97 Å². The summed E-state index contributed by atoms with van der Waals surface area (Å²) >= 11 is 1.63. The quantitative estimate of drug-likeness (QED) is 0.710. The fourth-order valence-electron chi connectivity index (χ4n) is 1.67. The van der Waals surface area contributed by atoms with Gasteiger partial charge in [0.1, 0.15) is 0 Å². The highest BCUT2D eigenvalue weighted by Crippen LogP contribution is 2.34. The first kappa shape index (κ1) is 13.4. The highest BCUT2D eigenvalue weighted by Gasteiger charge is 2.34. The van der Waals surface area contributed by atoms with Crippen LogP contribution < -0.4 is 5.32 Å². The summed E-state index contributed by atoms with van der Waals surface area (Å²) in [5.74, 6) is 0.241. The van der Waals surface area contributed by atoms with Crippen LogP contribution in [0.15, 0.2) is 0 Å². The van der Waals surface area contributed by atoms with E-state index in [0.29, 0.717) is 5.92 Å². The maximum atomic E-state index is 11.7. The molecule has 2 unspecified atom stereocenters. The summed E-state index contributed by atoms with van der Waals surface area (Å²) < 4.78 is 0. The van der Waals surface area contributed by atoms with Gasteiger partial charge in [0.2, 0.25) is 5.91 Å². The van der Waals surface area contributed by atoms with Crippen molar-refractivity contribution in [3.05, 3.63) is 0 Å². The van der Waals surface area contributed by atoms with Crippen LogP contribution in [0.25, 0.3) is 0 Å². The van der Waals surface area contributed by atoms with Crippen molar-refractivity contribution in [2.24, 2.45) is 11.8 Å². The number of rotatable bonds is 7. The fourth-order valence-corrected chi connectivity index (χ4v) is 2.32. The summed E-state index contributed by atoms with van der Waals surface area (Å²) in [5.41, 5.74) is 0. The van der Waals surface area contributed by atoms with Gasteiger partial charge in [0.05, 0.1) is 6.42 Å². The molecule has 2 atom stereocenters. The molecule has 0 heterocycles. The Kier molecular flexibility index (Phi) is 5.12. The standard InChI is InChI=1S/C11H19NO3S/c1-7(6-16-2)11(15)12-9(5-10(13)14)8-3-4-8/h7-9H,3-6H2,1-2H3,(H,12,15)(H,13,14). The zero-order valence-electron chi connectivity index (χ0n) is 9.73. The van der Waals surface area contributed by atoms with E-state index in [4.69, 9.17) is 5.11 Å². The number of hydrogen-bond acceptors (Lipinski definition) is 3. The monoisotopic (exact) mass is 245 g/mol. The number of nitrogens with one attached hydrogen (secondary N) is 1. The van der Waals surface area contributed by atoms with Gasteiger partial charge in [0, 0.05) is 17.7 Å². The minimum atomic E-state index is -0.838. The second-order valence-corrected chi connectivity index (χ2v) is 5.32. The molecule has 0 aromatic heterocycles. The lowest BCUT2D eigenvalue weighted by Gasteiger charge is -2.18. The first-order chi connectivity index (χ1) is 7.54. The van der Waals surface area contributed by atoms with Crippen LogP contribution in [0.2, 0.25) is 0 Å². The minimum Gasteiger partial charge on any atom is -0.481 e. The van der Waals surface area contributed by atoms with E-state index in [1.165, 1.54) is 0 Å². The molecule has 4 nitrogen and oxygen atoms in total. The number of carboxylic acid groups (broad SMARTS) is 1. The predicted octanol–water partition coefficient (Wildman–Crippen LogP) is 1.35. The number of aliphatic carboxylic acids is 1. The molecule has 1 fully saturated rings. The maximum absolute atomic E-state index is 11.7. The van der Waals surface area contributed by atoms with E-state index in [0.717, 1.165) is 18.6 Å². The van der Waals surface area contributed by atoms with Gasteiger partial charge in [-0.05, 0) is 25.0 Å². The van der Waals surface area contributed by atoms with E-state index < -0.39 is 5.97 Å². The topological polar surface area (TPSA) is 66.4 Å². The molecule has 0 aromatic carbocycles. The Balaban J connectivity index is 2.41. The fraction of sp³-hybridized carbons (Fsp3) is 0.818. The Labute approximate surface area is 100 Å². The SMILES string of the molecule is CSCC(C)C(=O)NC(CC(=O)O)C1CC1. The Morgan fingerprint density at radius 2 is 2.12 bits per heavy atom. The first-order valence-electron chi connectivity index (χ1n) is 5.55. The van der Waals surface area contributed by atoms with Crippen LogP contribution in [0.1, 0.15) is 26.2 Å². The van der Waals surface area contributed by atoms with Gasteiger partial charge in [-0.15, -0.1) is 0 Å². The summed E-state index contributed by atoms with van der Waals surface area (Å²) in [4.78, 5) is 22.4. The van der Waals surface area contributed by atoms with Crippen LogP contribution in [0.3, 0.4) is 0 Å². The molecule has 2 N–H and O–H groups in total. The average molecular weight is 245 g/mol. The predicted molar refractivity (Wildman–Crippen MR) is 64.5 cm³/mol. The van der Waals surface area contributed by atoms with E-state index in [1.807, 2.05) is 13.2 Å². The molecule has 0 aromatic rings. The van der Waals surface area contributed by atoms with Crippen LogP contribution in [-0.2, 0) is 9.59 Å². The molecule has 92 valence electrons. The van der Waals surface area contributed by atoms with Crippen molar-refractivity contribution in [1.29, 1.82) is 0 Å². The van der Waals surface area contributed by atoms with E-state index in [1.54, 1.807) is 11.8 Å². The Bertz CT molecular complexity index is 266. The van der Waals surface area contributed by atoms with E-state index in [9.17, 15) is 9.59 Å². The van der Waals surface area contributed by atoms with Crippen LogP contribution in [-0.4, -0.2) is 35.0 Å². The smallest absolute Gasteiger partial charge is 0.305 e. The molecule has 0 aliphatic heterocycles. The van der Waals surface area contributed by atoms with E-state index >= 15 is 0 Å². The number of carbonyl (C=O) groups is 2. The molecule has 1 saturated carbocycles. The number of amides is 1. The summed E-state index contributed by atoms with van der Waals surface area (Å²) in [7, 11) is 0. The highest BCUT2D eigenvalue weighted by atomic mass is 32.2. The summed E-state index contributed by atoms with van der Waals surface area (Å²) in [6.07, 6.45) is 4.08. The summed E-state index contributed by atoms with van der Waals surface area (Å²) in [5, 5.41) is 11.6. The first-order valence-corrected chi connectivity index (χ1v) is 6.95. The second kappa shape index (κ2) is 6.13. The van der Waals surface area contributed by atoms with Crippen molar-refractivity contribution in [3.8, 4) is 0 Å². The molecule has 1 aliphatic carbocycles. The average Bonchev–Trinajstić information content (AvgIpc) is 2.99. The summed E-state index contributed by atoms with van der Waals surface area (Å²) in [6, 6.07) is -0.172. The van der Waals surface area contributed by atoms with Crippen molar-refractivity contribution < 1.29 is 14.7 Å². The molecule has 0 radical (unpaired) electrons. The molecule has 5 heteroatoms. The molecule has 16 heavy (non-hydrogen) atoms.